The van der Waals surface area contributed by atoms with Gasteiger partial charge >= 0.3 is 11.9 Å². The van der Waals surface area contributed by atoms with E-state index in [1.54, 1.807) is 0 Å². The Morgan fingerprint density at radius 1 is 1.29 bits per heavy atom. The fourth-order valence-corrected chi connectivity index (χ4v) is 4.30. The lowest BCUT2D eigenvalue weighted by atomic mass is 9.69. The number of carbonyl (C=O) groups excluding carboxylic acids is 2. The van der Waals surface area contributed by atoms with E-state index >= 15 is 0 Å². The second-order valence-electron chi connectivity index (χ2n) is 8.04. The van der Waals surface area contributed by atoms with Gasteiger partial charge in [-0.25, -0.2) is 11.4 Å². The third kappa shape index (κ3) is 7.27. The van der Waals surface area contributed by atoms with Crippen LogP contribution in [0.5, 0.6) is 0 Å². The van der Waals surface area contributed by atoms with Gasteiger partial charge in [0.15, 0.2) is 0 Å². The highest BCUT2D eigenvalue weighted by molar-refractivity contribution is 5.79. The molecule has 0 aromatic rings. The summed E-state index contributed by atoms with van der Waals surface area (Å²) in [5, 5.41) is 7.17. The number of hydrogen-bond acceptors (Lipinski definition) is 8. The largest absolute Gasteiger partial charge is 0.466 e. The van der Waals surface area contributed by atoms with Crippen LogP contribution in [-0.2, 0) is 19.1 Å². The van der Waals surface area contributed by atoms with E-state index in [2.05, 4.69) is 16.0 Å². The van der Waals surface area contributed by atoms with E-state index in [1.165, 1.54) is 19.8 Å². The smallest absolute Gasteiger partial charge is 0.323 e. The Morgan fingerprint density at radius 2 is 2.07 bits per heavy atom. The monoisotopic (exact) mass is 397 g/mol. The minimum Gasteiger partial charge on any atom is -0.466 e. The number of amidine groups is 1. The number of esters is 2. The molecule has 5 atom stereocenters. The van der Waals surface area contributed by atoms with Gasteiger partial charge in [0.05, 0.1) is 6.61 Å². The predicted molar refractivity (Wildman–Crippen MR) is 106 cm³/mol. The number of piperidine rings is 1. The molecule has 1 aliphatic heterocycles. The minimum atomic E-state index is -0.322. The van der Waals surface area contributed by atoms with E-state index < -0.39 is 0 Å². The first kappa shape index (κ1) is 22.4. The number of nitrogens with two attached hydrogens (primary N) is 2. The van der Waals surface area contributed by atoms with Gasteiger partial charge in [0, 0.05) is 19.8 Å². The zero-order chi connectivity index (χ0) is 20.5. The van der Waals surface area contributed by atoms with Gasteiger partial charge < -0.3 is 20.5 Å². The summed E-state index contributed by atoms with van der Waals surface area (Å²) in [6, 6.07) is -0.260. The maximum Gasteiger partial charge on any atom is 0.323 e. The van der Waals surface area contributed by atoms with Crippen molar-refractivity contribution in [2.45, 2.75) is 70.9 Å². The maximum atomic E-state index is 12.5. The lowest BCUT2D eigenvalue weighted by Crippen LogP contribution is -2.50. The maximum absolute atomic E-state index is 12.5. The van der Waals surface area contributed by atoms with Crippen LogP contribution in [0.1, 0.15) is 58.8 Å². The fourth-order valence-electron chi connectivity index (χ4n) is 4.30. The Hall–Kier alpha value is -1.87. The first-order valence-corrected chi connectivity index (χ1v) is 10.2. The van der Waals surface area contributed by atoms with Gasteiger partial charge in [-0.3, -0.25) is 9.59 Å². The molecular weight excluding hydrogens is 362 g/mol. The van der Waals surface area contributed by atoms with E-state index in [0.717, 1.165) is 32.2 Å². The van der Waals surface area contributed by atoms with Crippen molar-refractivity contribution in [1.82, 2.24) is 10.9 Å². The summed E-state index contributed by atoms with van der Waals surface area (Å²) in [7, 11) is 0. The Balaban J connectivity index is 1.76. The molecule has 1 saturated carbocycles. The summed E-state index contributed by atoms with van der Waals surface area (Å²) in [6.07, 6.45) is 6.25. The third-order valence-electron chi connectivity index (χ3n) is 5.86. The molecule has 160 valence electrons. The molecule has 0 spiro atoms. The van der Waals surface area contributed by atoms with Crippen molar-refractivity contribution in [3.8, 4) is 0 Å². The molecular formula is C19H35N5O4. The van der Waals surface area contributed by atoms with Crippen LogP contribution in [0.15, 0.2) is 5.10 Å². The van der Waals surface area contributed by atoms with E-state index in [-0.39, 0.29) is 30.7 Å². The molecule has 0 bridgehead atoms. The zero-order valence-corrected chi connectivity index (χ0v) is 17.0. The summed E-state index contributed by atoms with van der Waals surface area (Å²) in [5.74, 6) is 6.90. The standard InChI is InChI=1S/C19H35N5O4/c1-12(7-8-27-13(2)25)28-19(26)17-10-16-9-14(3-5-15(16)11-22-17)4-6-18(20)23-24-21/h12,14-17,22,24H,3-11,21H2,1-2H3,(H2,20,23). The second-order valence-corrected chi connectivity index (χ2v) is 8.04. The lowest BCUT2D eigenvalue weighted by molar-refractivity contribution is -0.154. The minimum absolute atomic E-state index is 0.207. The van der Waals surface area contributed by atoms with E-state index in [0.29, 0.717) is 30.0 Å². The summed E-state index contributed by atoms with van der Waals surface area (Å²) in [4.78, 5) is 23.3. The Bertz CT molecular complexity index is 556. The highest BCUT2D eigenvalue weighted by atomic mass is 16.6. The molecule has 6 N–H and O–H groups in total. The van der Waals surface area contributed by atoms with Crippen LogP contribution in [0.25, 0.3) is 0 Å². The van der Waals surface area contributed by atoms with Crippen LogP contribution in [0.3, 0.4) is 0 Å². The molecule has 0 amide bonds. The van der Waals surface area contributed by atoms with Gasteiger partial charge in [0.2, 0.25) is 0 Å². The molecule has 2 fully saturated rings. The topological polar surface area (TPSA) is 141 Å². The van der Waals surface area contributed by atoms with E-state index in [9.17, 15) is 9.59 Å². The van der Waals surface area contributed by atoms with Crippen LogP contribution in [0.2, 0.25) is 0 Å². The number of rotatable bonds is 9. The number of nitrogens with one attached hydrogen (secondary N) is 2. The van der Waals surface area contributed by atoms with Gasteiger partial charge in [-0.05, 0) is 56.9 Å². The summed E-state index contributed by atoms with van der Waals surface area (Å²) in [6.45, 7) is 4.32. The van der Waals surface area contributed by atoms with Gasteiger partial charge in [0.1, 0.15) is 18.0 Å². The number of hydrazone groups is 1. The van der Waals surface area contributed by atoms with Crippen LogP contribution in [-0.4, -0.2) is 43.1 Å². The Kier molecular flexibility index (Phi) is 8.98. The predicted octanol–water partition coefficient (Wildman–Crippen LogP) is 0.781. The Labute approximate surface area is 166 Å². The average molecular weight is 398 g/mol. The highest BCUT2D eigenvalue weighted by Crippen LogP contribution is 2.40. The third-order valence-corrected chi connectivity index (χ3v) is 5.86. The molecule has 0 aromatic heterocycles. The van der Waals surface area contributed by atoms with Crippen molar-refractivity contribution in [1.29, 1.82) is 0 Å². The Morgan fingerprint density at radius 3 is 2.79 bits per heavy atom. The molecule has 9 heteroatoms. The fraction of sp³-hybridized carbons (Fsp3) is 0.842. The zero-order valence-electron chi connectivity index (χ0n) is 17.0. The van der Waals surface area contributed by atoms with Crippen LogP contribution >= 0.6 is 0 Å². The molecule has 2 rings (SSSR count). The summed E-state index contributed by atoms with van der Waals surface area (Å²) >= 11 is 0. The molecule has 2 aliphatic rings. The van der Waals surface area contributed by atoms with Gasteiger partial charge in [-0.1, -0.05) is 6.42 Å². The van der Waals surface area contributed by atoms with Crippen molar-refractivity contribution >= 4 is 17.8 Å². The van der Waals surface area contributed by atoms with Crippen molar-refractivity contribution in [3.05, 3.63) is 0 Å². The molecule has 5 unspecified atom stereocenters. The summed E-state index contributed by atoms with van der Waals surface area (Å²) < 4.78 is 10.4. The van der Waals surface area contributed by atoms with Crippen molar-refractivity contribution in [3.63, 3.8) is 0 Å². The summed E-state index contributed by atoms with van der Waals surface area (Å²) in [5.41, 5.74) is 8.03. The molecule has 1 aliphatic carbocycles. The van der Waals surface area contributed by atoms with E-state index in [1.807, 2.05) is 6.92 Å². The number of carbonyl (C=O) groups is 2. The molecule has 1 saturated heterocycles. The normalized spacial score (nSPS) is 28.8. The van der Waals surface area contributed by atoms with E-state index in [4.69, 9.17) is 21.1 Å². The molecule has 0 radical (unpaired) electrons. The highest BCUT2D eigenvalue weighted by Gasteiger charge is 2.38. The average Bonchev–Trinajstić information content (AvgIpc) is 2.65. The molecule has 28 heavy (non-hydrogen) atoms. The number of ether oxygens (including phenoxy) is 2. The van der Waals surface area contributed by atoms with Gasteiger partial charge in [-0.2, -0.15) is 5.10 Å². The number of fused-ring (bicyclic) bond motifs is 1. The molecule has 0 aromatic carbocycles. The quantitative estimate of drug-likeness (QED) is 0.147. The van der Waals surface area contributed by atoms with Gasteiger partial charge in [-0.15, -0.1) is 0 Å². The molecule has 9 nitrogen and oxygen atoms in total. The number of hydrazine groups is 1. The van der Waals surface area contributed by atoms with Crippen LogP contribution < -0.4 is 22.4 Å². The van der Waals surface area contributed by atoms with Crippen molar-refractivity contribution in [2.75, 3.05) is 13.2 Å². The van der Waals surface area contributed by atoms with Crippen LogP contribution in [0.4, 0.5) is 0 Å². The van der Waals surface area contributed by atoms with Crippen molar-refractivity contribution < 1.29 is 19.1 Å². The lowest BCUT2D eigenvalue weighted by Gasteiger charge is -2.42. The first-order chi connectivity index (χ1) is 13.4. The van der Waals surface area contributed by atoms with Gasteiger partial charge in [0.25, 0.3) is 0 Å². The number of hydrogen-bond donors (Lipinski definition) is 4. The second kappa shape index (κ2) is 11.2. The first-order valence-electron chi connectivity index (χ1n) is 10.2. The van der Waals surface area contributed by atoms with Crippen LogP contribution in [0, 0.1) is 17.8 Å². The molecule has 1 heterocycles. The number of nitrogens with zero attached hydrogens (tertiary/aromatic N) is 1. The van der Waals surface area contributed by atoms with Crippen molar-refractivity contribution in [2.24, 2.45) is 34.4 Å². The SMILES string of the molecule is CC(=O)OCCC(C)OC(=O)C1CC2CC(CC/C(N)=N/NN)CCC2CN1.